The van der Waals surface area contributed by atoms with Gasteiger partial charge in [-0.3, -0.25) is 9.59 Å². The second-order valence-corrected chi connectivity index (χ2v) is 7.57. The van der Waals surface area contributed by atoms with E-state index in [0.29, 0.717) is 16.7 Å². The summed E-state index contributed by atoms with van der Waals surface area (Å²) in [5.41, 5.74) is 4.36. The van der Waals surface area contributed by atoms with E-state index in [0.717, 1.165) is 22.5 Å². The quantitative estimate of drug-likeness (QED) is 0.356. The molecule has 31 heavy (non-hydrogen) atoms. The number of hydrogen-bond donors (Lipinski definition) is 1. The lowest BCUT2D eigenvalue weighted by Gasteiger charge is -2.13. The molecule has 0 bridgehead atoms. The van der Waals surface area contributed by atoms with E-state index < -0.39 is 12.1 Å². The zero-order valence-corrected chi connectivity index (χ0v) is 17.6. The number of para-hydroxylation sites is 1. The van der Waals surface area contributed by atoms with Crippen LogP contribution in [-0.2, 0) is 16.0 Å². The van der Waals surface area contributed by atoms with Crippen LogP contribution in [0.3, 0.4) is 0 Å². The van der Waals surface area contributed by atoms with Crippen LogP contribution < -0.4 is 0 Å². The van der Waals surface area contributed by atoms with Crippen LogP contribution >= 0.6 is 0 Å². The molecule has 158 valence electrons. The smallest absolute Gasteiger partial charge is 0.311 e. The van der Waals surface area contributed by atoms with Crippen molar-refractivity contribution in [3.63, 3.8) is 0 Å². The Morgan fingerprint density at radius 1 is 1.10 bits per heavy atom. The minimum absolute atomic E-state index is 0.0293. The van der Waals surface area contributed by atoms with Crippen LogP contribution in [0, 0.1) is 13.8 Å². The number of rotatable bonds is 6. The monoisotopic (exact) mass is 417 g/mol. The van der Waals surface area contributed by atoms with E-state index in [1.807, 2.05) is 54.8 Å². The van der Waals surface area contributed by atoms with Crippen molar-refractivity contribution in [2.24, 2.45) is 0 Å². The summed E-state index contributed by atoms with van der Waals surface area (Å²) in [7, 11) is 0. The number of benzene rings is 2. The van der Waals surface area contributed by atoms with Gasteiger partial charge in [-0.05, 0) is 51.1 Å². The first-order chi connectivity index (χ1) is 14.8. The molecule has 6 heteroatoms. The van der Waals surface area contributed by atoms with E-state index in [1.165, 1.54) is 18.4 Å². The lowest BCUT2D eigenvalue weighted by Crippen LogP contribution is -2.25. The van der Waals surface area contributed by atoms with Crippen LogP contribution in [0.15, 0.2) is 65.3 Å². The number of phenols is 1. The molecule has 0 radical (unpaired) electrons. The molecule has 4 aromatic rings. The zero-order chi connectivity index (χ0) is 22.1. The standard InChI is InChI=1S/C25H23NO5/c1-15-11-22(16(2)26(15)19-7-5-4-6-8-19)25(29)17(3)31-24(28)12-18-14-30-23-13-20(27)9-10-21(18)23/h4-11,13-14,17,27H,12H2,1-3H3/t17-/m0/s1. The third-order valence-corrected chi connectivity index (χ3v) is 5.36. The number of phenolic OH excluding ortho intramolecular Hbond substituents is 1. The van der Waals surface area contributed by atoms with Gasteiger partial charge in [0.25, 0.3) is 0 Å². The Labute approximate surface area is 179 Å². The average Bonchev–Trinajstić information content (AvgIpc) is 3.27. The maximum Gasteiger partial charge on any atom is 0.311 e. The summed E-state index contributed by atoms with van der Waals surface area (Å²) in [6.07, 6.45) is 0.517. The highest BCUT2D eigenvalue weighted by atomic mass is 16.5. The van der Waals surface area contributed by atoms with E-state index in [-0.39, 0.29) is 18.0 Å². The molecule has 0 aliphatic carbocycles. The van der Waals surface area contributed by atoms with Crippen LogP contribution in [0.2, 0.25) is 0 Å². The highest BCUT2D eigenvalue weighted by Crippen LogP contribution is 2.26. The number of carbonyl (C=O) groups excluding carboxylic acids is 2. The van der Waals surface area contributed by atoms with Gasteiger partial charge in [-0.2, -0.15) is 0 Å². The number of aryl methyl sites for hydroxylation is 1. The number of fused-ring (bicyclic) bond motifs is 1. The Morgan fingerprint density at radius 2 is 1.84 bits per heavy atom. The number of ether oxygens (including phenoxy) is 1. The number of aromatic hydroxyl groups is 1. The van der Waals surface area contributed by atoms with E-state index in [1.54, 1.807) is 13.0 Å². The molecule has 2 heterocycles. The van der Waals surface area contributed by atoms with Crippen LogP contribution in [-0.4, -0.2) is 27.5 Å². The second-order valence-electron chi connectivity index (χ2n) is 7.57. The lowest BCUT2D eigenvalue weighted by atomic mass is 10.1. The summed E-state index contributed by atoms with van der Waals surface area (Å²) in [4.78, 5) is 25.5. The summed E-state index contributed by atoms with van der Waals surface area (Å²) in [6.45, 7) is 5.41. The number of nitrogens with zero attached hydrogens (tertiary/aromatic N) is 1. The normalized spacial score (nSPS) is 12.1. The molecule has 0 spiro atoms. The third-order valence-electron chi connectivity index (χ3n) is 5.36. The molecule has 0 saturated carbocycles. The fourth-order valence-corrected chi connectivity index (χ4v) is 3.86. The van der Waals surface area contributed by atoms with Gasteiger partial charge in [0.05, 0.1) is 12.7 Å². The highest BCUT2D eigenvalue weighted by Gasteiger charge is 2.25. The van der Waals surface area contributed by atoms with Gasteiger partial charge in [0, 0.05) is 39.7 Å². The van der Waals surface area contributed by atoms with Crippen LogP contribution in [0.25, 0.3) is 16.7 Å². The molecule has 0 amide bonds. The largest absolute Gasteiger partial charge is 0.508 e. The molecule has 1 atom stereocenters. The van der Waals surface area contributed by atoms with Crippen molar-refractivity contribution in [2.75, 3.05) is 0 Å². The molecule has 0 aliphatic rings. The first-order valence-corrected chi connectivity index (χ1v) is 10.0. The average molecular weight is 417 g/mol. The maximum atomic E-state index is 13.0. The van der Waals surface area contributed by atoms with E-state index >= 15 is 0 Å². The van der Waals surface area contributed by atoms with Crippen molar-refractivity contribution in [3.05, 3.63) is 83.4 Å². The predicted molar refractivity (Wildman–Crippen MR) is 117 cm³/mol. The molecular formula is C25H23NO5. The van der Waals surface area contributed by atoms with Gasteiger partial charge in [0.2, 0.25) is 5.78 Å². The Hall–Kier alpha value is -3.80. The first-order valence-electron chi connectivity index (χ1n) is 10.0. The zero-order valence-electron chi connectivity index (χ0n) is 17.6. The van der Waals surface area contributed by atoms with Crippen LogP contribution in [0.5, 0.6) is 5.75 Å². The second kappa shape index (κ2) is 8.14. The van der Waals surface area contributed by atoms with Crippen molar-refractivity contribution < 1.29 is 23.8 Å². The van der Waals surface area contributed by atoms with Crippen molar-refractivity contribution in [1.29, 1.82) is 0 Å². The molecule has 2 aromatic carbocycles. The molecule has 0 fully saturated rings. The topological polar surface area (TPSA) is 81.7 Å². The van der Waals surface area contributed by atoms with Gasteiger partial charge in [-0.15, -0.1) is 0 Å². The summed E-state index contributed by atoms with van der Waals surface area (Å²) < 4.78 is 12.8. The molecule has 4 rings (SSSR count). The first kappa shape index (κ1) is 20.5. The summed E-state index contributed by atoms with van der Waals surface area (Å²) >= 11 is 0. The van der Waals surface area contributed by atoms with Crippen molar-refractivity contribution >= 4 is 22.7 Å². The summed E-state index contributed by atoms with van der Waals surface area (Å²) in [6, 6.07) is 16.3. The minimum atomic E-state index is -0.917. The van der Waals surface area contributed by atoms with Gasteiger partial charge in [0.1, 0.15) is 11.3 Å². The Bertz CT molecular complexity index is 1270. The fraction of sp³-hybridized carbons (Fsp3) is 0.200. The summed E-state index contributed by atoms with van der Waals surface area (Å²) in [5.74, 6) is -0.678. The highest BCUT2D eigenvalue weighted by molar-refractivity contribution is 6.01. The van der Waals surface area contributed by atoms with Gasteiger partial charge in [-0.25, -0.2) is 0 Å². The van der Waals surface area contributed by atoms with E-state index in [2.05, 4.69) is 0 Å². The molecule has 1 N–H and O–H groups in total. The van der Waals surface area contributed by atoms with Crippen molar-refractivity contribution in [3.8, 4) is 11.4 Å². The van der Waals surface area contributed by atoms with Gasteiger partial charge in [0.15, 0.2) is 6.10 Å². The van der Waals surface area contributed by atoms with Gasteiger partial charge < -0.3 is 18.8 Å². The Kier molecular flexibility index (Phi) is 5.38. The lowest BCUT2D eigenvalue weighted by molar-refractivity contribution is -0.145. The van der Waals surface area contributed by atoms with Crippen LogP contribution in [0.1, 0.15) is 34.2 Å². The summed E-state index contributed by atoms with van der Waals surface area (Å²) in [5, 5.41) is 10.3. The Morgan fingerprint density at radius 3 is 2.58 bits per heavy atom. The molecule has 6 nitrogen and oxygen atoms in total. The molecule has 0 unspecified atom stereocenters. The maximum absolute atomic E-state index is 13.0. The number of esters is 1. The van der Waals surface area contributed by atoms with Crippen molar-refractivity contribution in [1.82, 2.24) is 4.57 Å². The van der Waals surface area contributed by atoms with Crippen molar-refractivity contribution in [2.45, 2.75) is 33.3 Å². The molecule has 2 aromatic heterocycles. The fourth-order valence-electron chi connectivity index (χ4n) is 3.86. The predicted octanol–water partition coefficient (Wildman–Crippen LogP) is 4.90. The molecule has 0 saturated heterocycles. The molecule has 0 aliphatic heterocycles. The Balaban J connectivity index is 1.49. The minimum Gasteiger partial charge on any atom is -0.508 e. The number of furan rings is 1. The number of aromatic nitrogens is 1. The van der Waals surface area contributed by atoms with Gasteiger partial charge in [-0.1, -0.05) is 18.2 Å². The number of hydrogen-bond acceptors (Lipinski definition) is 5. The SMILES string of the molecule is Cc1cc(C(=O)[C@H](C)OC(=O)Cc2coc3cc(O)ccc23)c(C)n1-c1ccccc1. The van der Waals surface area contributed by atoms with E-state index in [4.69, 9.17) is 9.15 Å². The van der Waals surface area contributed by atoms with E-state index in [9.17, 15) is 14.7 Å². The number of Topliss-reactive ketones (excluding diaryl/α,β-unsaturated/α-hetero) is 1. The van der Waals surface area contributed by atoms with Crippen LogP contribution in [0.4, 0.5) is 0 Å². The molecular weight excluding hydrogens is 394 g/mol. The third kappa shape index (κ3) is 3.97. The van der Waals surface area contributed by atoms with Gasteiger partial charge >= 0.3 is 5.97 Å². The number of carbonyl (C=O) groups is 2. The number of ketones is 1.